The lowest BCUT2D eigenvalue weighted by Gasteiger charge is -2.10. The first kappa shape index (κ1) is 9.62. The summed E-state index contributed by atoms with van der Waals surface area (Å²) < 4.78 is 5.74. The SMILES string of the molecule is Cc1cncc(COC2CCNC2)c1. The van der Waals surface area contributed by atoms with Gasteiger partial charge in [0.2, 0.25) is 0 Å². The fraction of sp³-hybridized carbons (Fsp3) is 0.545. The highest BCUT2D eigenvalue weighted by Crippen LogP contribution is 2.08. The Labute approximate surface area is 84.5 Å². The van der Waals surface area contributed by atoms with E-state index in [1.165, 1.54) is 5.56 Å². The van der Waals surface area contributed by atoms with Gasteiger partial charge in [-0.3, -0.25) is 4.98 Å². The lowest BCUT2D eigenvalue weighted by atomic mass is 10.2. The van der Waals surface area contributed by atoms with Crippen molar-refractivity contribution in [3.8, 4) is 0 Å². The van der Waals surface area contributed by atoms with Crippen molar-refractivity contribution in [3.63, 3.8) is 0 Å². The molecule has 1 aromatic rings. The summed E-state index contributed by atoms with van der Waals surface area (Å²) in [5.41, 5.74) is 2.35. The Morgan fingerprint density at radius 1 is 1.57 bits per heavy atom. The maximum atomic E-state index is 5.74. The average Bonchev–Trinajstić information content (AvgIpc) is 2.67. The van der Waals surface area contributed by atoms with Crippen LogP contribution in [0.25, 0.3) is 0 Å². The molecule has 14 heavy (non-hydrogen) atoms. The highest BCUT2D eigenvalue weighted by Gasteiger charge is 2.14. The fourth-order valence-electron chi connectivity index (χ4n) is 1.68. The van der Waals surface area contributed by atoms with Crippen molar-refractivity contribution in [1.29, 1.82) is 0 Å². The molecule has 1 N–H and O–H groups in total. The number of ether oxygens (including phenoxy) is 1. The number of rotatable bonds is 3. The van der Waals surface area contributed by atoms with Crippen LogP contribution in [0.1, 0.15) is 17.5 Å². The third-order valence-corrected chi connectivity index (χ3v) is 2.43. The molecule has 1 aromatic heterocycles. The Bertz CT molecular complexity index is 295. The van der Waals surface area contributed by atoms with E-state index in [0.717, 1.165) is 25.1 Å². The smallest absolute Gasteiger partial charge is 0.0736 e. The van der Waals surface area contributed by atoms with Crippen LogP contribution >= 0.6 is 0 Å². The number of aromatic nitrogens is 1. The molecule has 1 atom stereocenters. The second-order valence-electron chi connectivity index (χ2n) is 3.80. The summed E-state index contributed by atoms with van der Waals surface area (Å²) in [7, 11) is 0. The van der Waals surface area contributed by atoms with Crippen LogP contribution in [0.3, 0.4) is 0 Å². The third-order valence-electron chi connectivity index (χ3n) is 2.43. The Kier molecular flexibility index (Phi) is 3.11. The predicted molar refractivity (Wildman–Crippen MR) is 55.0 cm³/mol. The van der Waals surface area contributed by atoms with Crippen molar-refractivity contribution in [2.75, 3.05) is 13.1 Å². The van der Waals surface area contributed by atoms with Crippen LogP contribution in [0, 0.1) is 6.92 Å². The molecule has 0 spiro atoms. The van der Waals surface area contributed by atoms with Gasteiger partial charge < -0.3 is 10.1 Å². The Hall–Kier alpha value is -0.930. The van der Waals surface area contributed by atoms with Gasteiger partial charge in [0.1, 0.15) is 0 Å². The van der Waals surface area contributed by atoms with Gasteiger partial charge in [-0.15, -0.1) is 0 Å². The zero-order chi connectivity index (χ0) is 9.80. The molecule has 1 fully saturated rings. The summed E-state index contributed by atoms with van der Waals surface area (Å²) in [5.74, 6) is 0. The molecule has 2 rings (SSSR count). The monoisotopic (exact) mass is 192 g/mol. The average molecular weight is 192 g/mol. The molecule has 3 heteroatoms. The van der Waals surface area contributed by atoms with Gasteiger partial charge in [-0.05, 0) is 31.0 Å². The molecule has 1 aliphatic heterocycles. The number of nitrogens with one attached hydrogen (secondary N) is 1. The molecule has 0 radical (unpaired) electrons. The predicted octanol–water partition coefficient (Wildman–Crippen LogP) is 1.27. The summed E-state index contributed by atoms with van der Waals surface area (Å²) in [4.78, 5) is 4.13. The lowest BCUT2D eigenvalue weighted by molar-refractivity contribution is 0.0540. The van der Waals surface area contributed by atoms with Crippen molar-refractivity contribution >= 4 is 0 Å². The third kappa shape index (κ3) is 2.53. The summed E-state index contributed by atoms with van der Waals surface area (Å²) in [5, 5.41) is 3.28. The quantitative estimate of drug-likeness (QED) is 0.783. The fourth-order valence-corrected chi connectivity index (χ4v) is 1.68. The first-order chi connectivity index (χ1) is 6.84. The maximum absolute atomic E-state index is 5.74. The number of pyridine rings is 1. The van der Waals surface area contributed by atoms with Crippen LogP contribution in [0.15, 0.2) is 18.5 Å². The van der Waals surface area contributed by atoms with E-state index in [2.05, 4.69) is 16.4 Å². The van der Waals surface area contributed by atoms with Gasteiger partial charge in [-0.2, -0.15) is 0 Å². The van der Waals surface area contributed by atoms with Gasteiger partial charge in [0, 0.05) is 18.9 Å². The molecule has 0 aliphatic carbocycles. The molecular formula is C11H16N2O. The van der Waals surface area contributed by atoms with Crippen molar-refractivity contribution < 1.29 is 4.74 Å². The molecule has 0 aromatic carbocycles. The number of nitrogens with zero attached hydrogens (tertiary/aromatic N) is 1. The summed E-state index contributed by atoms with van der Waals surface area (Å²) in [6, 6.07) is 2.12. The van der Waals surface area contributed by atoms with Gasteiger partial charge in [0.15, 0.2) is 0 Å². The van der Waals surface area contributed by atoms with Crippen LogP contribution in [-0.4, -0.2) is 24.2 Å². The largest absolute Gasteiger partial charge is 0.372 e. The molecule has 0 bridgehead atoms. The van der Waals surface area contributed by atoms with Crippen LogP contribution in [-0.2, 0) is 11.3 Å². The van der Waals surface area contributed by atoms with Crippen LogP contribution in [0.2, 0.25) is 0 Å². The lowest BCUT2D eigenvalue weighted by Crippen LogP contribution is -2.16. The number of hydrogen-bond donors (Lipinski definition) is 1. The van der Waals surface area contributed by atoms with Crippen LogP contribution in [0.4, 0.5) is 0 Å². The zero-order valence-electron chi connectivity index (χ0n) is 8.49. The van der Waals surface area contributed by atoms with E-state index in [-0.39, 0.29) is 0 Å². The minimum absolute atomic E-state index is 0.385. The van der Waals surface area contributed by atoms with E-state index in [0.29, 0.717) is 12.7 Å². The van der Waals surface area contributed by atoms with Crippen LogP contribution in [0.5, 0.6) is 0 Å². The van der Waals surface area contributed by atoms with E-state index in [1.807, 2.05) is 19.3 Å². The maximum Gasteiger partial charge on any atom is 0.0736 e. The highest BCUT2D eigenvalue weighted by molar-refractivity contribution is 5.15. The molecule has 2 heterocycles. The van der Waals surface area contributed by atoms with Crippen molar-refractivity contribution in [2.24, 2.45) is 0 Å². The van der Waals surface area contributed by atoms with Gasteiger partial charge in [-0.1, -0.05) is 6.07 Å². The Balaban J connectivity index is 1.85. The Morgan fingerprint density at radius 3 is 3.21 bits per heavy atom. The van der Waals surface area contributed by atoms with Crippen molar-refractivity contribution in [3.05, 3.63) is 29.6 Å². The molecule has 1 saturated heterocycles. The minimum atomic E-state index is 0.385. The molecule has 1 aliphatic rings. The minimum Gasteiger partial charge on any atom is -0.372 e. The number of aryl methyl sites for hydroxylation is 1. The standard InChI is InChI=1S/C11H16N2O/c1-9-4-10(6-13-5-9)8-14-11-2-3-12-7-11/h4-6,11-12H,2-3,7-8H2,1H3. The van der Waals surface area contributed by atoms with E-state index in [9.17, 15) is 0 Å². The molecule has 0 saturated carbocycles. The van der Waals surface area contributed by atoms with Gasteiger partial charge >= 0.3 is 0 Å². The van der Waals surface area contributed by atoms with E-state index in [4.69, 9.17) is 4.74 Å². The van der Waals surface area contributed by atoms with Gasteiger partial charge in [-0.25, -0.2) is 0 Å². The molecule has 76 valence electrons. The second-order valence-corrected chi connectivity index (χ2v) is 3.80. The van der Waals surface area contributed by atoms with Crippen LogP contribution < -0.4 is 5.32 Å². The molecule has 0 amide bonds. The van der Waals surface area contributed by atoms with E-state index in [1.54, 1.807) is 0 Å². The molecule has 3 nitrogen and oxygen atoms in total. The Morgan fingerprint density at radius 2 is 2.50 bits per heavy atom. The summed E-state index contributed by atoms with van der Waals surface area (Å²) in [6.07, 6.45) is 5.24. The molecular weight excluding hydrogens is 176 g/mol. The second kappa shape index (κ2) is 4.53. The van der Waals surface area contributed by atoms with Gasteiger partial charge in [0.25, 0.3) is 0 Å². The highest BCUT2D eigenvalue weighted by atomic mass is 16.5. The normalized spacial score (nSPS) is 21.4. The first-order valence-corrected chi connectivity index (χ1v) is 5.07. The van der Waals surface area contributed by atoms with E-state index < -0.39 is 0 Å². The van der Waals surface area contributed by atoms with Gasteiger partial charge in [0.05, 0.1) is 12.7 Å². The number of hydrogen-bond acceptors (Lipinski definition) is 3. The van der Waals surface area contributed by atoms with E-state index >= 15 is 0 Å². The van der Waals surface area contributed by atoms with Crippen molar-refractivity contribution in [1.82, 2.24) is 10.3 Å². The molecule has 1 unspecified atom stereocenters. The summed E-state index contributed by atoms with van der Waals surface area (Å²) >= 11 is 0. The zero-order valence-corrected chi connectivity index (χ0v) is 8.49. The topological polar surface area (TPSA) is 34.1 Å². The first-order valence-electron chi connectivity index (χ1n) is 5.07. The summed E-state index contributed by atoms with van der Waals surface area (Å²) in [6.45, 7) is 4.80. The van der Waals surface area contributed by atoms with Crippen molar-refractivity contribution in [2.45, 2.75) is 26.1 Å².